The molecule has 0 amide bonds. The van der Waals surface area contributed by atoms with Gasteiger partial charge in [0, 0.05) is 155 Å². The van der Waals surface area contributed by atoms with E-state index in [-0.39, 0.29) is 0 Å². The molecule has 0 saturated carbocycles. The maximum absolute atomic E-state index is 13.4. The van der Waals surface area contributed by atoms with Crippen molar-refractivity contribution in [3.8, 4) is 0 Å². The van der Waals surface area contributed by atoms with Crippen molar-refractivity contribution in [2.75, 3.05) is 213 Å². The van der Waals surface area contributed by atoms with E-state index in [1.54, 1.807) is 12.7 Å². The SMILES string of the molecule is CC(C)CC1(C)CN(C)C1.CC(C)CC1(F)CN(C)C1.CC(C)CC1(F)CNC1.CC(C)CC1=NCCN1C.CC(C)CC1CN(C)C1.CC(C)CC1CNC1.CC(C)CCC1=NCCN1.CC(C)CCN1CC(F)C1.CC(C)CCN1CCC1.CC(C)CCc1nccn1C.CC(C)CCn1cncn1.CC(C)C[C@@H]1CCCN1C.CC(C)C[C@@H]1CCN1C.CC(C)C[C@H]1CCCN1C.CC(C)C[C@H]1CCN1C. The lowest BCUT2D eigenvalue weighted by atomic mass is 9.76. The van der Waals surface area contributed by atoms with Gasteiger partial charge in [0.2, 0.25) is 0 Å². The molecule has 2 aromatic heterocycles. The predicted octanol–water partition coefficient (Wildman–Crippen LogP) is 25.1. The van der Waals surface area contributed by atoms with Crippen LogP contribution in [0.25, 0.3) is 0 Å². The van der Waals surface area contributed by atoms with E-state index in [0.717, 1.165) is 178 Å². The normalized spacial score (nSPS) is 21.9. The standard InChI is InChI=1S/C9H16N2.3C9H19N.2C8H16FN.2C8H16N2.4C8H17N.C7H14FN.C7H13N3.C7H15N/c1-8(2)4-5-9-10-6-7-11(9)3;1-8(2)5-9(3)6-10(4)7-9;2*1-8(2)7-9-5-4-6-10(9)3;1-7(2)4-8(9)5-10(3)6-8;1-7(2)3-4-10-5-8(9)6-10;1-7(2)6-8-9-4-5-10(8)3;1-7(2)3-4-8-9-5-6-10-8;1-7(2)4-8-5-9(3)6-8;2*1-7(2)6-8-4-5-9(8)3;1-8(2)4-7-9-5-3-6-9;1-6(2)3-7(8)4-9-5-7;1-7(2)3-4-10-6-8-5-9-10;1-6(2)3-7-4-8-5-7/h6-8H,4-5H2,1-3H3;8H,5-7H2,1-4H3;2*8-9H,4-7H2,1-3H3;7H,4-6H2,1-3H3;7-8H,3-6H2,1-2H3;7H,4-6H2,1-3H3;7H,3-6H2,1-2H3,(H,9,10);3*7-8H,4-6H2,1-3H3;8H,3-7H2,1-2H3;6,9H,3-5H2,1-2H3;5-7H,3-4H2,1-2H3;6-8H,3-5H2,1-2H3/t;;2*9-;;;;;;2*8-;;;;/m..10.....10..../s1. The quantitative estimate of drug-likeness (QED) is 0.0602. The van der Waals surface area contributed by atoms with Gasteiger partial charge < -0.3 is 59.7 Å². The molecule has 13 aliphatic rings. The van der Waals surface area contributed by atoms with Gasteiger partial charge in [-0.05, 0) is 356 Å². The minimum Gasteiger partial charge on any atom is -0.372 e. The number of nitrogens with one attached hydrogen (secondary N) is 3. The summed E-state index contributed by atoms with van der Waals surface area (Å²) >= 11 is 0. The van der Waals surface area contributed by atoms with Gasteiger partial charge in [0.1, 0.15) is 36.0 Å². The third kappa shape index (κ3) is 70.8. The number of halogens is 3. The van der Waals surface area contributed by atoms with Crippen LogP contribution in [0.4, 0.5) is 13.2 Å². The van der Waals surface area contributed by atoms with Gasteiger partial charge in [-0.2, -0.15) is 5.10 Å². The van der Waals surface area contributed by atoms with E-state index in [4.69, 9.17) is 0 Å². The van der Waals surface area contributed by atoms with Crippen LogP contribution in [0.3, 0.4) is 0 Å². The minimum atomic E-state index is -0.867. The van der Waals surface area contributed by atoms with E-state index < -0.39 is 17.5 Å². The number of hydrogen-bond donors (Lipinski definition) is 3. The van der Waals surface area contributed by atoms with Crippen LogP contribution in [0, 0.1) is 106 Å². The molecule has 13 aliphatic heterocycles. The van der Waals surface area contributed by atoms with E-state index >= 15 is 0 Å². The van der Waals surface area contributed by atoms with Crippen molar-refractivity contribution in [2.24, 2.45) is 123 Å². The van der Waals surface area contributed by atoms with Crippen molar-refractivity contribution in [1.29, 1.82) is 0 Å². The summed E-state index contributed by atoms with van der Waals surface area (Å²) in [4.78, 5) is 40.4. The Morgan fingerprint density at radius 3 is 1.10 bits per heavy atom. The van der Waals surface area contributed by atoms with Crippen molar-refractivity contribution in [1.82, 2.24) is 89.3 Å². The lowest BCUT2D eigenvalue weighted by Gasteiger charge is -2.47. The molecule has 15 heterocycles. The van der Waals surface area contributed by atoms with Crippen molar-refractivity contribution in [3.05, 3.63) is 30.9 Å². The highest BCUT2D eigenvalue weighted by Gasteiger charge is 2.42. The second-order valence-corrected chi connectivity index (χ2v) is 53.3. The summed E-state index contributed by atoms with van der Waals surface area (Å²) < 4.78 is 42.7. The molecular weight excluding hydrogens is 1790 g/mol. The van der Waals surface area contributed by atoms with E-state index in [9.17, 15) is 13.2 Å². The van der Waals surface area contributed by atoms with E-state index in [2.05, 4.69) is 354 Å². The van der Waals surface area contributed by atoms with Crippen molar-refractivity contribution in [3.63, 3.8) is 0 Å². The Balaban J connectivity index is 0.000000772. The van der Waals surface area contributed by atoms with Crippen LogP contribution in [0.5, 0.6) is 0 Å². The smallest absolute Gasteiger partial charge is 0.137 e. The van der Waals surface area contributed by atoms with Crippen molar-refractivity contribution >= 4 is 11.7 Å². The van der Waals surface area contributed by atoms with Crippen LogP contribution >= 0.6 is 0 Å². The van der Waals surface area contributed by atoms with Gasteiger partial charge in [-0.25, -0.2) is 23.1 Å². The number of hydrogen-bond acceptors (Lipinski definition) is 18. The van der Waals surface area contributed by atoms with Crippen molar-refractivity contribution in [2.45, 2.75) is 417 Å². The summed E-state index contributed by atoms with van der Waals surface area (Å²) in [6.07, 6.45) is 37.4. The predicted molar refractivity (Wildman–Crippen MR) is 625 cm³/mol. The summed E-state index contributed by atoms with van der Waals surface area (Å²) in [5, 5.41) is 13.5. The topological polar surface area (TPSA) is 142 Å². The van der Waals surface area contributed by atoms with Crippen LogP contribution in [0.1, 0.15) is 368 Å². The molecule has 15 rings (SSSR count). The first-order chi connectivity index (χ1) is 67.4. The lowest BCUT2D eigenvalue weighted by Crippen LogP contribution is -2.57. The fraction of sp³-hybridized carbons (Fsp3) is 0.942. The van der Waals surface area contributed by atoms with Gasteiger partial charge in [0.05, 0.1) is 24.8 Å². The Bertz CT molecular complexity index is 3270. The Morgan fingerprint density at radius 1 is 0.396 bits per heavy atom. The molecule has 0 spiro atoms. The molecule has 3 N–H and O–H groups in total. The number of likely N-dealkylation sites (tertiary alicyclic amines) is 9. The second kappa shape index (κ2) is 77.1. The second-order valence-electron chi connectivity index (χ2n) is 53.3. The van der Waals surface area contributed by atoms with Gasteiger partial charge >= 0.3 is 0 Å². The van der Waals surface area contributed by atoms with E-state index in [0.29, 0.717) is 62.9 Å². The van der Waals surface area contributed by atoms with Crippen LogP contribution < -0.4 is 16.0 Å². The molecule has 2 aromatic rings. The minimum absolute atomic E-state index is 0.483. The molecule has 0 aromatic carbocycles. The Labute approximate surface area is 893 Å². The Hall–Kier alpha value is -3.36. The van der Waals surface area contributed by atoms with Crippen LogP contribution in [-0.4, -0.2) is 340 Å². The summed E-state index contributed by atoms with van der Waals surface area (Å²) in [5.74, 6) is 17.5. The van der Waals surface area contributed by atoms with E-state index in [1.807, 2.05) is 36.1 Å². The zero-order chi connectivity index (χ0) is 109. The number of aromatic nitrogens is 5. The van der Waals surface area contributed by atoms with Crippen LogP contribution in [-0.2, 0) is 20.0 Å². The first-order valence-corrected chi connectivity index (χ1v) is 59.4. The average molecular weight is 2040 g/mol. The summed E-state index contributed by atoms with van der Waals surface area (Å²) in [6, 6.07) is 3.59. The molecule has 23 heteroatoms. The monoisotopic (exact) mass is 2040 g/mol. The van der Waals surface area contributed by atoms with Crippen LogP contribution in [0.15, 0.2) is 35.0 Å². The third-order valence-corrected chi connectivity index (χ3v) is 29.2. The fourth-order valence-electron chi connectivity index (χ4n) is 20.9. The number of aliphatic imine (C=N–C) groups is 2. The average Bonchev–Trinajstić information content (AvgIpc) is 1.22. The van der Waals surface area contributed by atoms with Gasteiger partial charge in [-0.1, -0.05) is 215 Å². The summed E-state index contributed by atoms with van der Waals surface area (Å²) in [6.45, 7) is 96.7. The number of amidine groups is 2. The molecule has 4 atom stereocenters. The molecule has 11 saturated heterocycles. The largest absolute Gasteiger partial charge is 0.372 e. The zero-order valence-electron chi connectivity index (χ0n) is 103. The lowest BCUT2D eigenvalue weighted by molar-refractivity contribution is -0.0299. The Kier molecular flexibility index (Phi) is 74.2. The van der Waals surface area contributed by atoms with Crippen LogP contribution in [0.2, 0.25) is 0 Å². The number of likely N-dealkylation sites (N-methyl/N-ethyl adjacent to an activating group) is 1. The summed E-state index contributed by atoms with van der Waals surface area (Å²) in [7, 11) is 19.4. The Morgan fingerprint density at radius 2 is 0.826 bits per heavy atom. The third-order valence-electron chi connectivity index (χ3n) is 29.2. The first-order valence-electron chi connectivity index (χ1n) is 59.4. The molecule has 0 aliphatic carbocycles. The van der Waals surface area contributed by atoms with E-state index in [1.165, 1.54) is 225 Å². The maximum atomic E-state index is 13.4. The number of imidazole rings is 1. The maximum Gasteiger partial charge on any atom is 0.137 e. The van der Waals surface area contributed by atoms with Crippen molar-refractivity contribution < 1.29 is 13.2 Å². The number of nitrogens with zero attached hydrogens (tertiary/aromatic N) is 17. The molecular formula is C121H247F3N20. The molecule has 20 nitrogen and oxygen atoms in total. The molecule has 0 unspecified atom stereocenters. The van der Waals surface area contributed by atoms with Gasteiger partial charge in [0.25, 0.3) is 0 Å². The number of rotatable bonds is 35. The first kappa shape index (κ1) is 139. The number of aryl methyl sites for hydroxylation is 3. The van der Waals surface area contributed by atoms with Gasteiger partial charge in [-0.15, -0.1) is 0 Å². The molecule has 852 valence electrons. The molecule has 0 radical (unpaired) electrons. The highest BCUT2D eigenvalue weighted by molar-refractivity contribution is 5.84. The zero-order valence-corrected chi connectivity index (χ0v) is 103. The fourth-order valence-corrected chi connectivity index (χ4v) is 20.9. The number of alkyl halides is 3. The molecule has 11 fully saturated rings. The van der Waals surface area contributed by atoms with Gasteiger partial charge in [0.15, 0.2) is 0 Å². The summed E-state index contributed by atoms with van der Waals surface area (Å²) in [5.41, 5.74) is -1.08. The molecule has 0 bridgehead atoms. The highest BCUT2D eigenvalue weighted by Crippen LogP contribution is 2.36. The highest BCUT2D eigenvalue weighted by atomic mass is 19.1. The molecule has 144 heavy (non-hydrogen) atoms. The van der Waals surface area contributed by atoms with Gasteiger partial charge in [-0.3, -0.25) is 24.5 Å².